The molecule has 1 amide bonds. The third kappa shape index (κ3) is 2.46. The van der Waals surface area contributed by atoms with Crippen molar-refractivity contribution < 1.29 is 9.21 Å². The molecule has 0 aliphatic rings. The average Bonchev–Trinajstić information content (AvgIpc) is 2.64. The first-order chi connectivity index (χ1) is 7.65. The standard InChI is InChI=1S/C10H8BrN3O2/c1-6-13-14-10(16-6)12-9(15)7-3-2-4-8(11)5-7/h2-5H,1H3,(H,12,14,15). The molecule has 1 heterocycles. The Morgan fingerprint density at radius 3 is 2.88 bits per heavy atom. The van der Waals surface area contributed by atoms with Crippen LogP contribution in [0.25, 0.3) is 0 Å². The van der Waals surface area contributed by atoms with Crippen molar-refractivity contribution in [3.8, 4) is 0 Å². The van der Waals surface area contributed by atoms with Crippen LogP contribution in [0.2, 0.25) is 0 Å². The van der Waals surface area contributed by atoms with Gasteiger partial charge in [-0.1, -0.05) is 27.1 Å². The number of aromatic nitrogens is 2. The minimum Gasteiger partial charge on any atom is -0.408 e. The molecule has 0 saturated carbocycles. The number of carbonyl (C=O) groups excluding carboxylic acids is 1. The summed E-state index contributed by atoms with van der Waals surface area (Å²) in [6.45, 7) is 1.65. The fourth-order valence-electron chi connectivity index (χ4n) is 1.15. The number of halogens is 1. The van der Waals surface area contributed by atoms with Crippen molar-refractivity contribution in [2.75, 3.05) is 5.32 Å². The van der Waals surface area contributed by atoms with Crippen LogP contribution in [0, 0.1) is 6.92 Å². The van der Waals surface area contributed by atoms with E-state index in [9.17, 15) is 4.79 Å². The third-order valence-electron chi connectivity index (χ3n) is 1.83. The van der Waals surface area contributed by atoms with Crippen LogP contribution >= 0.6 is 15.9 Å². The molecule has 0 bridgehead atoms. The van der Waals surface area contributed by atoms with E-state index < -0.39 is 0 Å². The van der Waals surface area contributed by atoms with Crippen LogP contribution in [0.15, 0.2) is 33.2 Å². The first-order valence-corrected chi connectivity index (χ1v) is 5.31. The van der Waals surface area contributed by atoms with Gasteiger partial charge >= 0.3 is 6.01 Å². The van der Waals surface area contributed by atoms with Gasteiger partial charge in [-0.25, -0.2) is 0 Å². The summed E-state index contributed by atoms with van der Waals surface area (Å²) >= 11 is 3.29. The smallest absolute Gasteiger partial charge is 0.322 e. The maximum atomic E-state index is 11.7. The summed E-state index contributed by atoms with van der Waals surface area (Å²) < 4.78 is 5.88. The maximum Gasteiger partial charge on any atom is 0.322 e. The van der Waals surface area contributed by atoms with Gasteiger partial charge in [-0.2, -0.15) is 0 Å². The van der Waals surface area contributed by atoms with E-state index in [2.05, 4.69) is 31.4 Å². The lowest BCUT2D eigenvalue weighted by Gasteiger charge is -2.00. The summed E-state index contributed by atoms with van der Waals surface area (Å²) in [7, 11) is 0. The Morgan fingerprint density at radius 2 is 2.25 bits per heavy atom. The number of hydrogen-bond donors (Lipinski definition) is 1. The number of anilines is 1. The van der Waals surface area contributed by atoms with Crippen molar-refractivity contribution in [3.05, 3.63) is 40.2 Å². The van der Waals surface area contributed by atoms with Crippen LogP contribution in [0.3, 0.4) is 0 Å². The topological polar surface area (TPSA) is 68.0 Å². The van der Waals surface area contributed by atoms with E-state index in [4.69, 9.17) is 4.42 Å². The molecular weight excluding hydrogens is 274 g/mol. The molecular formula is C10H8BrN3O2. The number of hydrogen-bond acceptors (Lipinski definition) is 4. The van der Waals surface area contributed by atoms with Crippen molar-refractivity contribution >= 4 is 27.9 Å². The zero-order chi connectivity index (χ0) is 11.5. The number of nitrogens with zero attached hydrogens (tertiary/aromatic N) is 2. The molecule has 0 spiro atoms. The molecule has 0 unspecified atom stereocenters. The predicted molar refractivity (Wildman–Crippen MR) is 61.1 cm³/mol. The molecule has 0 aliphatic heterocycles. The lowest BCUT2D eigenvalue weighted by Crippen LogP contribution is -2.11. The number of nitrogens with one attached hydrogen (secondary N) is 1. The largest absolute Gasteiger partial charge is 0.408 e. The van der Waals surface area contributed by atoms with Gasteiger partial charge in [-0.15, -0.1) is 5.10 Å². The monoisotopic (exact) mass is 281 g/mol. The predicted octanol–water partition coefficient (Wildman–Crippen LogP) is 2.39. The molecule has 2 rings (SSSR count). The summed E-state index contributed by atoms with van der Waals surface area (Å²) in [6.07, 6.45) is 0. The fourth-order valence-corrected chi connectivity index (χ4v) is 1.55. The highest BCUT2D eigenvalue weighted by molar-refractivity contribution is 9.10. The Kier molecular flexibility index (Phi) is 3.00. The molecule has 1 N–H and O–H groups in total. The second-order valence-electron chi connectivity index (χ2n) is 3.09. The van der Waals surface area contributed by atoms with Crippen molar-refractivity contribution in [2.24, 2.45) is 0 Å². The molecule has 0 fully saturated rings. The van der Waals surface area contributed by atoms with Crippen LogP contribution in [-0.2, 0) is 0 Å². The van der Waals surface area contributed by atoms with E-state index in [1.807, 2.05) is 6.07 Å². The number of aryl methyl sites for hydroxylation is 1. The van der Waals surface area contributed by atoms with E-state index in [-0.39, 0.29) is 11.9 Å². The highest BCUT2D eigenvalue weighted by Crippen LogP contribution is 2.13. The van der Waals surface area contributed by atoms with E-state index in [0.717, 1.165) is 4.47 Å². The van der Waals surface area contributed by atoms with Gasteiger partial charge in [0.25, 0.3) is 5.91 Å². The minimum atomic E-state index is -0.287. The Morgan fingerprint density at radius 1 is 1.44 bits per heavy atom. The molecule has 0 atom stereocenters. The molecule has 82 valence electrons. The van der Waals surface area contributed by atoms with Gasteiger partial charge in [0.2, 0.25) is 5.89 Å². The van der Waals surface area contributed by atoms with Gasteiger partial charge in [0.1, 0.15) is 0 Å². The summed E-state index contributed by atoms with van der Waals surface area (Å²) in [5.41, 5.74) is 0.519. The molecule has 0 radical (unpaired) electrons. The average molecular weight is 282 g/mol. The molecule has 6 heteroatoms. The van der Waals surface area contributed by atoms with Crippen LogP contribution in [0.4, 0.5) is 6.01 Å². The van der Waals surface area contributed by atoms with Gasteiger partial charge in [0, 0.05) is 17.0 Å². The third-order valence-corrected chi connectivity index (χ3v) is 2.33. The van der Waals surface area contributed by atoms with Crippen molar-refractivity contribution in [3.63, 3.8) is 0 Å². The van der Waals surface area contributed by atoms with E-state index in [1.54, 1.807) is 25.1 Å². The van der Waals surface area contributed by atoms with Gasteiger partial charge in [-0.3, -0.25) is 10.1 Å². The van der Waals surface area contributed by atoms with Crippen LogP contribution in [0.5, 0.6) is 0 Å². The first-order valence-electron chi connectivity index (χ1n) is 4.52. The molecule has 0 saturated heterocycles. The van der Waals surface area contributed by atoms with E-state index in [0.29, 0.717) is 11.5 Å². The summed E-state index contributed by atoms with van der Waals surface area (Å²) in [4.78, 5) is 11.7. The molecule has 1 aromatic carbocycles. The summed E-state index contributed by atoms with van der Waals surface area (Å²) in [5.74, 6) is 0.120. The number of carbonyl (C=O) groups is 1. The van der Waals surface area contributed by atoms with Crippen molar-refractivity contribution in [1.82, 2.24) is 10.2 Å². The van der Waals surface area contributed by atoms with E-state index in [1.165, 1.54) is 0 Å². The highest BCUT2D eigenvalue weighted by Gasteiger charge is 2.09. The van der Waals surface area contributed by atoms with Crippen LogP contribution in [0.1, 0.15) is 16.2 Å². The van der Waals surface area contributed by atoms with Crippen molar-refractivity contribution in [2.45, 2.75) is 6.92 Å². The zero-order valence-corrected chi connectivity index (χ0v) is 9.98. The Balaban J connectivity index is 2.14. The molecule has 1 aromatic heterocycles. The quantitative estimate of drug-likeness (QED) is 0.918. The Labute approximate surface area is 100.0 Å². The maximum absolute atomic E-state index is 11.7. The Bertz CT molecular complexity index is 524. The number of rotatable bonds is 2. The zero-order valence-electron chi connectivity index (χ0n) is 8.40. The molecule has 16 heavy (non-hydrogen) atoms. The number of amides is 1. The lowest BCUT2D eigenvalue weighted by molar-refractivity contribution is 0.102. The lowest BCUT2D eigenvalue weighted by atomic mass is 10.2. The first kappa shape index (κ1) is 10.8. The van der Waals surface area contributed by atoms with Gasteiger partial charge in [0.05, 0.1) is 0 Å². The Hall–Kier alpha value is -1.69. The number of benzene rings is 1. The SMILES string of the molecule is Cc1nnc(NC(=O)c2cccc(Br)c2)o1. The minimum absolute atomic E-state index is 0.0995. The normalized spacial score (nSPS) is 10.1. The molecule has 0 aliphatic carbocycles. The van der Waals surface area contributed by atoms with Crippen LogP contribution in [-0.4, -0.2) is 16.1 Å². The fraction of sp³-hybridized carbons (Fsp3) is 0.100. The van der Waals surface area contributed by atoms with Gasteiger partial charge < -0.3 is 4.42 Å². The second kappa shape index (κ2) is 4.44. The van der Waals surface area contributed by atoms with Crippen LogP contribution < -0.4 is 5.32 Å². The van der Waals surface area contributed by atoms with Gasteiger partial charge in [0.15, 0.2) is 0 Å². The van der Waals surface area contributed by atoms with Crippen molar-refractivity contribution in [1.29, 1.82) is 0 Å². The highest BCUT2D eigenvalue weighted by atomic mass is 79.9. The van der Waals surface area contributed by atoms with E-state index >= 15 is 0 Å². The second-order valence-corrected chi connectivity index (χ2v) is 4.01. The molecule has 2 aromatic rings. The summed E-state index contributed by atoms with van der Waals surface area (Å²) in [6, 6.07) is 7.12. The van der Waals surface area contributed by atoms with Gasteiger partial charge in [-0.05, 0) is 18.2 Å². The molecule has 5 nitrogen and oxygen atoms in total. The summed E-state index contributed by atoms with van der Waals surface area (Å²) in [5, 5.41) is 9.79.